The second-order valence-electron chi connectivity index (χ2n) is 4.97. The van der Waals surface area contributed by atoms with Gasteiger partial charge in [-0.15, -0.1) is 0 Å². The zero-order valence-electron chi connectivity index (χ0n) is 10.9. The Morgan fingerprint density at radius 3 is 2.74 bits per heavy atom. The fraction of sp³-hybridized carbons (Fsp3) is 0.429. The van der Waals surface area contributed by atoms with Gasteiger partial charge in [0.05, 0.1) is 10.6 Å². The summed E-state index contributed by atoms with van der Waals surface area (Å²) in [4.78, 5) is 14.6. The molecule has 1 aromatic carbocycles. The molecule has 1 fully saturated rings. The first-order valence-corrected chi connectivity index (χ1v) is 6.78. The van der Waals surface area contributed by atoms with Gasteiger partial charge in [0.2, 0.25) is 0 Å². The van der Waals surface area contributed by atoms with Crippen LogP contribution in [0, 0.1) is 6.92 Å². The summed E-state index contributed by atoms with van der Waals surface area (Å²) < 4.78 is 0. The van der Waals surface area contributed by atoms with Crippen LogP contribution in [-0.4, -0.2) is 33.5 Å². The zero-order chi connectivity index (χ0) is 14.0. The van der Waals surface area contributed by atoms with Crippen LogP contribution >= 0.6 is 12.2 Å². The molecule has 0 saturated heterocycles. The van der Waals surface area contributed by atoms with Crippen LogP contribution in [-0.2, 0) is 0 Å². The van der Waals surface area contributed by atoms with Crippen molar-refractivity contribution in [3.05, 3.63) is 29.3 Å². The molecule has 5 heteroatoms. The summed E-state index contributed by atoms with van der Waals surface area (Å²) in [5.41, 5.74) is 6.77. The van der Waals surface area contributed by atoms with E-state index in [4.69, 9.17) is 18.0 Å². The number of thiocarbonyl (C=S) groups is 1. The Balaban J connectivity index is 2.16. The Labute approximate surface area is 118 Å². The number of carbonyl (C=O) groups is 1. The van der Waals surface area contributed by atoms with Crippen molar-refractivity contribution in [1.82, 2.24) is 4.90 Å². The lowest BCUT2D eigenvalue weighted by Crippen LogP contribution is -2.35. The van der Waals surface area contributed by atoms with Crippen molar-refractivity contribution in [2.75, 3.05) is 6.54 Å². The molecule has 4 nitrogen and oxygen atoms in total. The average Bonchev–Trinajstić information content (AvgIpc) is 3.13. The largest absolute Gasteiger partial charge is 0.507 e. The molecule has 1 aromatic rings. The van der Waals surface area contributed by atoms with Gasteiger partial charge in [0.25, 0.3) is 5.91 Å². The van der Waals surface area contributed by atoms with Crippen LogP contribution in [0.5, 0.6) is 5.75 Å². The average molecular weight is 278 g/mol. The van der Waals surface area contributed by atoms with Gasteiger partial charge in [0, 0.05) is 19.0 Å². The minimum atomic E-state index is -0.142. The molecule has 0 spiro atoms. The van der Waals surface area contributed by atoms with E-state index < -0.39 is 0 Å². The van der Waals surface area contributed by atoms with E-state index in [1.165, 1.54) is 0 Å². The van der Waals surface area contributed by atoms with Crippen molar-refractivity contribution in [2.24, 2.45) is 5.73 Å². The van der Waals surface area contributed by atoms with Gasteiger partial charge >= 0.3 is 0 Å². The molecule has 0 bridgehead atoms. The van der Waals surface area contributed by atoms with Gasteiger partial charge in [-0.1, -0.05) is 18.3 Å². The third-order valence-corrected chi connectivity index (χ3v) is 3.44. The van der Waals surface area contributed by atoms with Gasteiger partial charge in [-0.25, -0.2) is 0 Å². The lowest BCUT2D eigenvalue weighted by molar-refractivity contribution is 0.0745. The lowest BCUT2D eigenvalue weighted by atomic mass is 10.1. The number of hydrogen-bond acceptors (Lipinski definition) is 3. The molecule has 0 heterocycles. The number of aryl methyl sites for hydroxylation is 1. The van der Waals surface area contributed by atoms with E-state index in [2.05, 4.69) is 0 Å². The van der Waals surface area contributed by atoms with E-state index in [0.29, 0.717) is 23.5 Å². The minimum Gasteiger partial charge on any atom is -0.507 e. The topological polar surface area (TPSA) is 66.6 Å². The molecule has 0 radical (unpaired) electrons. The first kappa shape index (κ1) is 13.8. The number of nitrogens with two attached hydrogens (primary N) is 1. The Hall–Kier alpha value is -1.62. The highest BCUT2D eigenvalue weighted by molar-refractivity contribution is 7.80. The van der Waals surface area contributed by atoms with Crippen LogP contribution in [0.1, 0.15) is 35.2 Å². The molecule has 0 atom stereocenters. The van der Waals surface area contributed by atoms with E-state index in [-0.39, 0.29) is 17.7 Å². The van der Waals surface area contributed by atoms with Crippen LogP contribution in [0.3, 0.4) is 0 Å². The fourth-order valence-electron chi connectivity index (χ4n) is 2.04. The van der Waals surface area contributed by atoms with E-state index in [0.717, 1.165) is 18.4 Å². The second kappa shape index (κ2) is 5.57. The van der Waals surface area contributed by atoms with Crippen molar-refractivity contribution in [3.8, 4) is 5.75 Å². The molecule has 0 aliphatic heterocycles. The summed E-state index contributed by atoms with van der Waals surface area (Å²) in [7, 11) is 0. The maximum absolute atomic E-state index is 12.5. The predicted molar refractivity (Wildman–Crippen MR) is 78.3 cm³/mol. The van der Waals surface area contributed by atoms with Crippen molar-refractivity contribution in [3.63, 3.8) is 0 Å². The Morgan fingerprint density at radius 1 is 1.53 bits per heavy atom. The molecule has 1 amide bonds. The number of amides is 1. The fourth-order valence-corrected chi connectivity index (χ4v) is 2.14. The van der Waals surface area contributed by atoms with Gasteiger partial charge < -0.3 is 15.7 Å². The maximum Gasteiger partial charge on any atom is 0.257 e. The third-order valence-electron chi connectivity index (χ3n) is 3.23. The Morgan fingerprint density at radius 2 is 2.21 bits per heavy atom. The number of nitrogens with zero attached hydrogens (tertiary/aromatic N) is 1. The Bertz CT molecular complexity index is 512. The van der Waals surface area contributed by atoms with E-state index in [1.807, 2.05) is 13.0 Å². The van der Waals surface area contributed by atoms with Crippen molar-refractivity contribution < 1.29 is 9.90 Å². The second-order valence-corrected chi connectivity index (χ2v) is 5.49. The molecular formula is C14H18N2O2S. The van der Waals surface area contributed by atoms with Gasteiger partial charge in [-0.3, -0.25) is 4.79 Å². The molecule has 3 N–H and O–H groups in total. The molecule has 19 heavy (non-hydrogen) atoms. The number of hydrogen-bond donors (Lipinski definition) is 2. The molecule has 102 valence electrons. The molecule has 0 unspecified atom stereocenters. The first-order valence-electron chi connectivity index (χ1n) is 6.38. The summed E-state index contributed by atoms with van der Waals surface area (Å²) in [5.74, 6) is -0.109. The summed E-state index contributed by atoms with van der Waals surface area (Å²) in [5, 5.41) is 9.89. The lowest BCUT2D eigenvalue weighted by Gasteiger charge is -2.22. The summed E-state index contributed by atoms with van der Waals surface area (Å²) in [6.45, 7) is 2.39. The van der Waals surface area contributed by atoms with Gasteiger partial charge in [0.15, 0.2) is 0 Å². The number of aromatic hydroxyl groups is 1. The molecule has 0 aromatic heterocycles. The van der Waals surface area contributed by atoms with Crippen molar-refractivity contribution in [2.45, 2.75) is 32.2 Å². The standard InChI is InChI=1S/C14H18N2O2S/c1-9-2-5-11(12(17)8-9)14(18)16(10-3-4-10)7-6-13(15)19/h2,5,8,10,17H,3-4,6-7H2,1H3,(H2,15,19). The normalized spacial score (nSPS) is 14.2. The molecule has 1 aliphatic carbocycles. The molecule has 1 saturated carbocycles. The van der Waals surface area contributed by atoms with Crippen LogP contribution < -0.4 is 5.73 Å². The van der Waals surface area contributed by atoms with E-state index in [9.17, 15) is 9.90 Å². The monoisotopic (exact) mass is 278 g/mol. The van der Waals surface area contributed by atoms with Crippen LogP contribution in [0.15, 0.2) is 18.2 Å². The molecule has 1 aliphatic rings. The maximum atomic E-state index is 12.5. The van der Waals surface area contributed by atoms with Crippen LogP contribution in [0.2, 0.25) is 0 Å². The van der Waals surface area contributed by atoms with Gasteiger partial charge in [-0.2, -0.15) is 0 Å². The highest BCUT2D eigenvalue weighted by Gasteiger charge is 2.33. The number of phenols is 1. The zero-order valence-corrected chi connectivity index (χ0v) is 11.7. The van der Waals surface area contributed by atoms with Crippen LogP contribution in [0.25, 0.3) is 0 Å². The number of phenolic OH excluding ortho intramolecular Hbond substituents is 1. The van der Waals surface area contributed by atoms with Crippen molar-refractivity contribution in [1.29, 1.82) is 0 Å². The number of benzene rings is 1. The summed E-state index contributed by atoms with van der Waals surface area (Å²) in [6, 6.07) is 5.36. The minimum absolute atomic E-state index is 0.0333. The molecule has 2 rings (SSSR count). The Kier molecular flexibility index (Phi) is 4.04. The smallest absolute Gasteiger partial charge is 0.257 e. The first-order chi connectivity index (χ1) is 8.99. The molecular weight excluding hydrogens is 260 g/mol. The summed E-state index contributed by atoms with van der Waals surface area (Å²) >= 11 is 4.86. The number of rotatable bonds is 5. The van der Waals surface area contributed by atoms with E-state index in [1.54, 1.807) is 17.0 Å². The third kappa shape index (κ3) is 3.44. The summed E-state index contributed by atoms with van der Waals surface area (Å²) in [6.07, 6.45) is 2.54. The highest BCUT2D eigenvalue weighted by Crippen LogP contribution is 2.30. The SMILES string of the molecule is Cc1ccc(C(=O)N(CCC(N)=S)C2CC2)c(O)c1. The predicted octanol–water partition coefficient (Wildman–Crippen LogP) is 1.98. The van der Waals surface area contributed by atoms with Gasteiger partial charge in [0.1, 0.15) is 5.75 Å². The van der Waals surface area contributed by atoms with E-state index >= 15 is 0 Å². The van der Waals surface area contributed by atoms with Crippen molar-refractivity contribution >= 4 is 23.1 Å². The van der Waals surface area contributed by atoms with Gasteiger partial charge in [-0.05, 0) is 37.5 Å². The van der Waals surface area contributed by atoms with Crippen LogP contribution in [0.4, 0.5) is 0 Å². The highest BCUT2D eigenvalue weighted by atomic mass is 32.1. The quantitative estimate of drug-likeness (QED) is 0.808. The number of carbonyl (C=O) groups excluding carboxylic acids is 1.